The van der Waals surface area contributed by atoms with Gasteiger partial charge < -0.3 is 14.6 Å². The summed E-state index contributed by atoms with van der Waals surface area (Å²) in [6.45, 7) is 1.98. The highest BCUT2D eigenvalue weighted by molar-refractivity contribution is 5.76. The topological polar surface area (TPSA) is 77.3 Å². The second-order valence-corrected chi connectivity index (χ2v) is 4.20. The van der Waals surface area contributed by atoms with Gasteiger partial charge in [-0.2, -0.15) is 18.2 Å². The molecule has 9 heteroatoms. The van der Waals surface area contributed by atoms with E-state index in [9.17, 15) is 18.0 Å². The molecule has 6 nitrogen and oxygen atoms in total. The van der Waals surface area contributed by atoms with Crippen LogP contribution in [0.1, 0.15) is 37.5 Å². The summed E-state index contributed by atoms with van der Waals surface area (Å²) in [5, 5.41) is 6.04. The second kappa shape index (κ2) is 7.22. The van der Waals surface area contributed by atoms with E-state index in [0.717, 1.165) is 0 Å². The van der Waals surface area contributed by atoms with Crippen LogP contribution in [0.3, 0.4) is 0 Å². The van der Waals surface area contributed by atoms with E-state index in [0.29, 0.717) is 18.9 Å². The molecule has 0 aromatic carbocycles. The largest absolute Gasteiger partial charge is 0.389 e. The number of carbonyl (C=O) groups excluding carboxylic acids is 1. The summed E-state index contributed by atoms with van der Waals surface area (Å²) in [6.07, 6.45) is -5.68. The maximum atomic E-state index is 12.0. The molecule has 0 aliphatic rings. The average Bonchev–Trinajstić information content (AvgIpc) is 2.82. The minimum Gasteiger partial charge on any atom is -0.384 e. The van der Waals surface area contributed by atoms with Gasteiger partial charge in [-0.3, -0.25) is 4.79 Å². The van der Waals surface area contributed by atoms with E-state index in [-0.39, 0.29) is 5.89 Å². The molecule has 0 bridgehead atoms. The first kappa shape index (κ1) is 16.4. The molecule has 1 amide bonds. The van der Waals surface area contributed by atoms with Crippen LogP contribution in [0, 0.1) is 0 Å². The molecule has 1 aromatic rings. The molecule has 0 aliphatic carbocycles. The van der Waals surface area contributed by atoms with Gasteiger partial charge in [-0.15, -0.1) is 0 Å². The van der Waals surface area contributed by atoms with Crippen molar-refractivity contribution in [2.75, 3.05) is 13.7 Å². The number of rotatable bonds is 7. The number of halogens is 3. The number of hydrogen-bond donors (Lipinski definition) is 1. The lowest BCUT2D eigenvalue weighted by atomic mass is 10.2. The lowest BCUT2D eigenvalue weighted by molar-refractivity contribution is -0.144. The summed E-state index contributed by atoms with van der Waals surface area (Å²) >= 11 is 0. The van der Waals surface area contributed by atoms with Crippen LogP contribution in [0.4, 0.5) is 13.2 Å². The third-order valence-electron chi connectivity index (χ3n) is 2.40. The highest BCUT2D eigenvalue weighted by Gasteiger charge is 2.28. The number of nitrogens with one attached hydrogen (secondary N) is 1. The van der Waals surface area contributed by atoms with Gasteiger partial charge in [0.05, 0.1) is 13.0 Å². The first-order valence-corrected chi connectivity index (χ1v) is 5.99. The Kier molecular flexibility index (Phi) is 5.93. The van der Waals surface area contributed by atoms with Crippen molar-refractivity contribution in [2.24, 2.45) is 0 Å². The number of amides is 1. The number of alkyl halides is 3. The van der Waals surface area contributed by atoms with Crippen LogP contribution in [0.25, 0.3) is 0 Å². The molecule has 0 unspecified atom stereocenters. The summed E-state index contributed by atoms with van der Waals surface area (Å²) in [5.74, 6) is -0.152. The van der Waals surface area contributed by atoms with Crippen LogP contribution in [0.2, 0.25) is 0 Å². The number of hydrogen-bond acceptors (Lipinski definition) is 5. The van der Waals surface area contributed by atoms with Crippen molar-refractivity contribution in [1.29, 1.82) is 0 Å². The number of methoxy groups -OCH3 is 1. The maximum Gasteiger partial charge on any atom is 0.389 e. The van der Waals surface area contributed by atoms with Gasteiger partial charge in [0.1, 0.15) is 6.04 Å². The van der Waals surface area contributed by atoms with Gasteiger partial charge in [-0.1, -0.05) is 5.16 Å². The van der Waals surface area contributed by atoms with Crippen LogP contribution in [-0.4, -0.2) is 35.9 Å². The molecule has 114 valence electrons. The van der Waals surface area contributed by atoms with Crippen LogP contribution in [0.15, 0.2) is 4.52 Å². The van der Waals surface area contributed by atoms with Crippen molar-refractivity contribution in [3.05, 3.63) is 11.7 Å². The van der Waals surface area contributed by atoms with Crippen molar-refractivity contribution in [3.8, 4) is 0 Å². The van der Waals surface area contributed by atoms with Gasteiger partial charge in [-0.05, 0) is 6.92 Å². The maximum absolute atomic E-state index is 12.0. The van der Waals surface area contributed by atoms with Gasteiger partial charge in [0, 0.05) is 20.0 Å². The fraction of sp³-hybridized carbons (Fsp3) is 0.727. The van der Waals surface area contributed by atoms with E-state index >= 15 is 0 Å². The SMILES string of the molecule is COCCc1noc([C@@H](C)NC(=O)CCC(F)(F)F)n1. The molecule has 0 spiro atoms. The Hall–Kier alpha value is -1.64. The number of nitrogens with zero attached hydrogens (tertiary/aromatic N) is 2. The summed E-state index contributed by atoms with van der Waals surface area (Å²) in [5.41, 5.74) is 0. The van der Waals surface area contributed by atoms with Gasteiger partial charge >= 0.3 is 6.18 Å². The second-order valence-electron chi connectivity index (χ2n) is 4.20. The Labute approximate surface area is 113 Å². The van der Waals surface area contributed by atoms with Gasteiger partial charge in [0.15, 0.2) is 5.82 Å². The zero-order chi connectivity index (χ0) is 15.2. The van der Waals surface area contributed by atoms with Gasteiger partial charge in [0.2, 0.25) is 11.8 Å². The molecule has 1 heterocycles. The lowest BCUT2D eigenvalue weighted by Gasteiger charge is -2.10. The molecule has 1 N–H and O–H groups in total. The lowest BCUT2D eigenvalue weighted by Crippen LogP contribution is -2.28. The Bertz CT molecular complexity index is 434. The van der Waals surface area contributed by atoms with E-state index < -0.39 is 31.0 Å². The molecule has 1 atom stereocenters. The monoisotopic (exact) mass is 295 g/mol. The van der Waals surface area contributed by atoms with Crippen LogP contribution in [0.5, 0.6) is 0 Å². The van der Waals surface area contributed by atoms with E-state index in [4.69, 9.17) is 9.26 Å². The van der Waals surface area contributed by atoms with Crippen molar-refractivity contribution in [2.45, 2.75) is 38.4 Å². The number of ether oxygens (including phenoxy) is 1. The molecule has 0 radical (unpaired) electrons. The quantitative estimate of drug-likeness (QED) is 0.829. The van der Waals surface area contributed by atoms with Gasteiger partial charge in [0.25, 0.3) is 0 Å². The summed E-state index contributed by atoms with van der Waals surface area (Å²) in [6, 6.07) is -0.639. The first-order chi connectivity index (χ1) is 9.31. The predicted octanol–water partition coefficient (Wildman–Crippen LogP) is 1.78. The molecular weight excluding hydrogens is 279 g/mol. The number of carbonyl (C=O) groups is 1. The van der Waals surface area contributed by atoms with E-state index in [1.165, 1.54) is 7.11 Å². The zero-order valence-corrected chi connectivity index (χ0v) is 11.2. The van der Waals surface area contributed by atoms with Crippen LogP contribution < -0.4 is 5.32 Å². The Balaban J connectivity index is 2.43. The van der Waals surface area contributed by atoms with Gasteiger partial charge in [-0.25, -0.2) is 0 Å². The summed E-state index contributed by atoms with van der Waals surface area (Å²) in [4.78, 5) is 15.3. The highest BCUT2D eigenvalue weighted by Crippen LogP contribution is 2.21. The molecule has 20 heavy (non-hydrogen) atoms. The molecule has 1 rings (SSSR count). The minimum absolute atomic E-state index is 0.150. The van der Waals surface area contributed by atoms with Crippen LogP contribution >= 0.6 is 0 Å². The predicted molar refractivity (Wildman–Crippen MR) is 61.7 cm³/mol. The van der Waals surface area contributed by atoms with E-state index in [1.807, 2.05) is 0 Å². The number of aromatic nitrogens is 2. The fourth-order valence-corrected chi connectivity index (χ4v) is 1.37. The molecule has 0 aliphatic heterocycles. The molecule has 0 saturated heterocycles. The molecular formula is C11H16F3N3O3. The first-order valence-electron chi connectivity index (χ1n) is 5.99. The van der Waals surface area contributed by atoms with Crippen LogP contribution in [-0.2, 0) is 16.0 Å². The molecule has 0 saturated carbocycles. The van der Waals surface area contributed by atoms with Crippen molar-refractivity contribution < 1.29 is 27.2 Å². The van der Waals surface area contributed by atoms with Crippen molar-refractivity contribution in [1.82, 2.24) is 15.5 Å². The standard InChI is InChI=1S/C11H16F3N3O3/c1-7(15-9(18)3-5-11(12,13)14)10-16-8(17-20-10)4-6-19-2/h7H,3-6H2,1-2H3,(H,15,18)/t7-/m1/s1. The summed E-state index contributed by atoms with van der Waals surface area (Å²) in [7, 11) is 1.53. The third-order valence-corrected chi connectivity index (χ3v) is 2.40. The average molecular weight is 295 g/mol. The zero-order valence-electron chi connectivity index (χ0n) is 11.2. The fourth-order valence-electron chi connectivity index (χ4n) is 1.37. The Morgan fingerprint density at radius 1 is 1.50 bits per heavy atom. The molecule has 1 aromatic heterocycles. The highest BCUT2D eigenvalue weighted by atomic mass is 19.4. The smallest absolute Gasteiger partial charge is 0.384 e. The minimum atomic E-state index is -4.35. The van der Waals surface area contributed by atoms with E-state index in [2.05, 4.69) is 15.5 Å². The van der Waals surface area contributed by atoms with E-state index in [1.54, 1.807) is 6.92 Å². The Morgan fingerprint density at radius 2 is 2.20 bits per heavy atom. The molecule has 0 fully saturated rings. The van der Waals surface area contributed by atoms with Crippen molar-refractivity contribution in [3.63, 3.8) is 0 Å². The normalized spacial score (nSPS) is 13.2. The van der Waals surface area contributed by atoms with Crippen molar-refractivity contribution >= 4 is 5.91 Å². The Morgan fingerprint density at radius 3 is 2.80 bits per heavy atom. The summed E-state index contributed by atoms with van der Waals surface area (Å²) < 4.78 is 45.7. The third kappa shape index (κ3) is 6.00.